The van der Waals surface area contributed by atoms with Gasteiger partial charge >= 0.3 is 75.8 Å². The molecule has 0 rings (SSSR count). The Morgan fingerprint density at radius 2 is 0.889 bits per heavy atom. The topological polar surface area (TPSA) is 0 Å². The standard InChI is InChI=1S/C3H9Si.3FH.Li.Y/c1-4(2)3;;;;;/h1-3H3;3*1H;;/q;;;;;+3/p-3. The van der Waals surface area contributed by atoms with Crippen LogP contribution in [0.3, 0.4) is 0 Å². The Labute approximate surface area is 89.1 Å². The summed E-state index contributed by atoms with van der Waals surface area (Å²) in [7, 11) is 0. The molecule has 0 heterocycles. The van der Waals surface area contributed by atoms with Crippen molar-refractivity contribution in [3.05, 3.63) is 0 Å². The van der Waals surface area contributed by atoms with Crippen LogP contribution in [0.2, 0.25) is 19.6 Å². The summed E-state index contributed by atoms with van der Waals surface area (Å²) in [5.41, 5.74) is 0. The minimum Gasteiger partial charge on any atom is 3.00 e. The molecule has 0 aromatic rings. The zero-order valence-electron chi connectivity index (χ0n) is 6.21. The van der Waals surface area contributed by atoms with E-state index in [0.29, 0.717) is 0 Å². The third-order valence-corrected chi connectivity index (χ3v) is 0. The Balaban J connectivity index is -0.0000000133. The zero-order chi connectivity index (χ0) is 4.50. The Kier molecular flexibility index (Phi) is 42.6. The minimum atomic E-state index is -0.611. The molecule has 9 heavy (non-hydrogen) atoms. The molecule has 0 aliphatic heterocycles. The van der Waals surface area contributed by atoms with Gasteiger partial charge in [0.1, 0.15) is 0 Å². The largest absolute Gasteiger partial charge is 3.00 e. The molecule has 0 amide bonds. The van der Waals surface area contributed by atoms with Crippen LogP contribution in [0, 0.1) is 0 Å². The molecular weight excluding hydrogens is 217 g/mol. The molecule has 0 fully saturated rings. The minimum absolute atomic E-state index is 0. The van der Waals surface area contributed by atoms with Crippen LogP contribution in [0.15, 0.2) is 0 Å². The smallest absolute Gasteiger partial charge is 3.00 e. The Bertz CT molecular complexity index is 34.5. The van der Waals surface area contributed by atoms with Crippen LogP contribution in [0.1, 0.15) is 0 Å². The van der Waals surface area contributed by atoms with Gasteiger partial charge in [0.25, 0.3) is 0 Å². The van der Waals surface area contributed by atoms with Crippen molar-refractivity contribution >= 4 is 23.4 Å². The second-order valence-electron chi connectivity index (χ2n) is 3.00. The monoisotopic (exact) mass is 226 g/mol. The van der Waals surface area contributed by atoms with E-state index in [1.165, 1.54) is 0 Å². The van der Waals surface area contributed by atoms with Crippen molar-refractivity contribution in [3.63, 3.8) is 0 Å². The van der Waals surface area contributed by atoms with Crippen molar-refractivity contribution < 1.29 is 46.8 Å². The summed E-state index contributed by atoms with van der Waals surface area (Å²) in [5.74, 6) is 0. The van der Waals surface area contributed by atoms with E-state index in [1.54, 1.807) is 0 Å². The van der Waals surface area contributed by atoms with Crippen LogP contribution in [0.5, 0.6) is 0 Å². The molecule has 0 atom stereocenters. The molecule has 6 heteroatoms. The van der Waals surface area contributed by atoms with Gasteiger partial charge in [-0.15, -0.1) is 0 Å². The third kappa shape index (κ3) is 198. The van der Waals surface area contributed by atoms with Gasteiger partial charge in [0.15, 0.2) is 0 Å². The number of rotatable bonds is 0. The van der Waals surface area contributed by atoms with Crippen molar-refractivity contribution in [2.75, 3.05) is 0 Å². The maximum atomic E-state index is 2.33. The number of hydrogen-bond donors (Lipinski definition) is 0. The molecule has 0 bridgehead atoms. The number of hydrogen-bond acceptors (Lipinski definition) is 0. The van der Waals surface area contributed by atoms with Crippen LogP contribution in [0.4, 0.5) is 0 Å². The van der Waals surface area contributed by atoms with Crippen molar-refractivity contribution in [2.45, 2.75) is 19.6 Å². The van der Waals surface area contributed by atoms with Gasteiger partial charge in [-0.25, -0.2) is 0 Å². The maximum absolute atomic E-state index is 2.33. The van der Waals surface area contributed by atoms with E-state index in [0.717, 1.165) is 0 Å². The summed E-state index contributed by atoms with van der Waals surface area (Å²) < 4.78 is 0. The van der Waals surface area contributed by atoms with Gasteiger partial charge in [0, 0.05) is 0 Å². The molecule has 0 aliphatic carbocycles. The first-order chi connectivity index (χ1) is 2.00. The summed E-state index contributed by atoms with van der Waals surface area (Å²) in [6.45, 7) is 6.98. The fourth-order valence-electron chi connectivity index (χ4n) is 0. The van der Waals surface area contributed by atoms with E-state index < -0.39 is 6.40 Å². The summed E-state index contributed by atoms with van der Waals surface area (Å²) in [4.78, 5) is 0. The first kappa shape index (κ1) is 31.0. The maximum Gasteiger partial charge on any atom is 3.00 e. The van der Waals surface area contributed by atoms with Crippen molar-refractivity contribution in [2.24, 2.45) is 0 Å². The SMILES string of the molecule is [F-].[F-].[F-].[Li][Si](C)(C)C.[Y+3]. The third-order valence-electron chi connectivity index (χ3n) is 0. The van der Waals surface area contributed by atoms with Crippen LogP contribution in [-0.2, 0) is 32.7 Å². The van der Waals surface area contributed by atoms with Crippen LogP contribution in [0.25, 0.3) is 0 Å². The normalized spacial score (nSPS) is 6.78. The van der Waals surface area contributed by atoms with E-state index in [9.17, 15) is 0 Å². The predicted octanol–water partition coefficient (Wildman–Crippen LogP) is -8.00. The van der Waals surface area contributed by atoms with Crippen molar-refractivity contribution in [1.29, 1.82) is 0 Å². The summed E-state index contributed by atoms with van der Waals surface area (Å²) >= 11 is 2.33. The summed E-state index contributed by atoms with van der Waals surface area (Å²) in [6.07, 6.45) is -0.611. The summed E-state index contributed by atoms with van der Waals surface area (Å²) in [6, 6.07) is 0. The second kappa shape index (κ2) is 12.4. The second-order valence-corrected chi connectivity index (χ2v) is 9.00. The molecule has 0 aromatic heterocycles. The van der Waals surface area contributed by atoms with Crippen LogP contribution < -0.4 is 14.1 Å². The average Bonchev–Trinajstić information content (AvgIpc) is 0.722. The van der Waals surface area contributed by atoms with Crippen LogP contribution in [-0.4, -0.2) is 23.4 Å². The first-order valence-corrected chi connectivity index (χ1v) is 6.00. The molecule has 0 spiro atoms. The van der Waals surface area contributed by atoms with E-state index in [1.807, 2.05) is 0 Å². The molecule has 0 saturated heterocycles. The molecule has 0 nitrogen and oxygen atoms in total. The van der Waals surface area contributed by atoms with Gasteiger partial charge < -0.3 is 14.1 Å². The van der Waals surface area contributed by atoms with E-state index in [4.69, 9.17) is 0 Å². The zero-order valence-corrected chi connectivity index (χ0v) is 10.0. The molecule has 50 valence electrons. The Morgan fingerprint density at radius 1 is 0.889 bits per heavy atom. The van der Waals surface area contributed by atoms with Gasteiger partial charge in [-0.2, -0.15) is 0 Å². The predicted molar refractivity (Wildman–Crippen MR) is 29.1 cm³/mol. The van der Waals surface area contributed by atoms with Gasteiger partial charge in [-0.3, -0.25) is 0 Å². The van der Waals surface area contributed by atoms with Gasteiger partial charge in [0.2, 0.25) is 0 Å². The molecule has 0 N–H and O–H groups in total. The van der Waals surface area contributed by atoms with Gasteiger partial charge in [-0.05, 0) is 0 Å². The van der Waals surface area contributed by atoms with E-state index >= 15 is 0 Å². The molecule has 0 radical (unpaired) electrons. The average molecular weight is 226 g/mol. The van der Waals surface area contributed by atoms with Crippen molar-refractivity contribution in [1.82, 2.24) is 0 Å². The number of halogens is 3. The molecule has 0 unspecified atom stereocenters. The molecule has 0 aliphatic rings. The van der Waals surface area contributed by atoms with Crippen molar-refractivity contribution in [3.8, 4) is 0 Å². The quantitative estimate of drug-likeness (QED) is 0.360. The fourth-order valence-corrected chi connectivity index (χ4v) is 0. The summed E-state index contributed by atoms with van der Waals surface area (Å²) in [5, 5.41) is 0. The van der Waals surface area contributed by atoms with E-state index in [2.05, 4.69) is 36.7 Å². The molecule has 0 saturated carbocycles. The molecule has 0 aromatic carbocycles. The van der Waals surface area contributed by atoms with Crippen LogP contribution >= 0.6 is 0 Å². The first-order valence-electron chi connectivity index (χ1n) is 2.00. The fraction of sp³-hybridized carbons (Fsp3) is 1.00. The van der Waals surface area contributed by atoms with Gasteiger partial charge in [-0.1, -0.05) is 0 Å². The van der Waals surface area contributed by atoms with Gasteiger partial charge in [0.05, 0.1) is 0 Å². The Hall–Kier alpha value is 1.71. The Morgan fingerprint density at radius 3 is 0.889 bits per heavy atom. The molecular formula is C3H9F3LiSiY. The van der Waals surface area contributed by atoms with E-state index in [-0.39, 0.29) is 46.8 Å².